The van der Waals surface area contributed by atoms with E-state index in [2.05, 4.69) is 10.3 Å². The van der Waals surface area contributed by atoms with Crippen LogP contribution in [-0.2, 0) is 16.0 Å². The average molecular weight is 298 g/mol. The Morgan fingerprint density at radius 3 is 3.05 bits per heavy atom. The van der Waals surface area contributed by atoms with E-state index in [1.54, 1.807) is 18.2 Å². The Morgan fingerprint density at radius 2 is 2.40 bits per heavy atom. The second-order valence-corrected chi connectivity index (χ2v) is 5.52. The third-order valence-electron chi connectivity index (χ3n) is 2.99. The second-order valence-electron chi connectivity index (χ2n) is 4.40. The molecule has 20 heavy (non-hydrogen) atoms. The highest BCUT2D eigenvalue weighted by Gasteiger charge is 2.30. The van der Waals surface area contributed by atoms with Gasteiger partial charge in [0.25, 0.3) is 0 Å². The standard InChI is InChI=1S/C12H18N4O3S/c1-3-9-6-13-11(20-9)14-12(18)16-7-10(17)15(8-16)4-5-19-2/h6H,3-5,7-8H2,1-2H3,(H,13,14,18). The van der Waals surface area contributed by atoms with Crippen molar-refractivity contribution in [1.29, 1.82) is 0 Å². The van der Waals surface area contributed by atoms with Gasteiger partial charge >= 0.3 is 6.03 Å². The highest BCUT2D eigenvalue weighted by atomic mass is 32.1. The molecule has 1 N–H and O–H groups in total. The maximum absolute atomic E-state index is 12.0. The number of nitrogens with one attached hydrogen (secondary N) is 1. The van der Waals surface area contributed by atoms with Crippen LogP contribution < -0.4 is 5.32 Å². The number of urea groups is 1. The molecular formula is C12H18N4O3S. The molecule has 1 aliphatic heterocycles. The fourth-order valence-corrected chi connectivity index (χ4v) is 2.57. The number of anilines is 1. The number of rotatable bonds is 5. The van der Waals surface area contributed by atoms with E-state index in [1.165, 1.54) is 16.2 Å². The molecule has 2 rings (SSSR count). The topological polar surface area (TPSA) is 74.8 Å². The predicted molar refractivity (Wildman–Crippen MR) is 75.7 cm³/mol. The Hall–Kier alpha value is -1.67. The van der Waals surface area contributed by atoms with Crippen molar-refractivity contribution in [3.63, 3.8) is 0 Å². The quantitative estimate of drug-likeness (QED) is 0.879. The van der Waals surface area contributed by atoms with Gasteiger partial charge in [-0.15, -0.1) is 11.3 Å². The van der Waals surface area contributed by atoms with Gasteiger partial charge in [0.2, 0.25) is 5.91 Å². The Kier molecular flexibility index (Phi) is 4.91. The molecule has 1 aromatic rings. The summed E-state index contributed by atoms with van der Waals surface area (Å²) >= 11 is 1.45. The lowest BCUT2D eigenvalue weighted by Gasteiger charge is -2.17. The lowest BCUT2D eigenvalue weighted by Crippen LogP contribution is -2.35. The van der Waals surface area contributed by atoms with Gasteiger partial charge in [0, 0.05) is 24.7 Å². The molecule has 0 atom stereocenters. The molecule has 8 heteroatoms. The lowest BCUT2D eigenvalue weighted by molar-refractivity contribution is -0.127. The zero-order valence-electron chi connectivity index (χ0n) is 11.6. The first-order valence-electron chi connectivity index (χ1n) is 6.41. The van der Waals surface area contributed by atoms with Crippen LogP contribution >= 0.6 is 11.3 Å². The Labute approximate surface area is 121 Å². The first-order chi connectivity index (χ1) is 9.63. The third-order valence-corrected chi connectivity index (χ3v) is 4.05. The van der Waals surface area contributed by atoms with Crippen molar-refractivity contribution in [2.24, 2.45) is 0 Å². The van der Waals surface area contributed by atoms with Crippen LogP contribution in [0.15, 0.2) is 6.20 Å². The van der Waals surface area contributed by atoms with Crippen molar-refractivity contribution in [3.05, 3.63) is 11.1 Å². The zero-order valence-corrected chi connectivity index (χ0v) is 12.4. The molecule has 0 unspecified atom stereocenters. The smallest absolute Gasteiger partial charge is 0.325 e. The Bertz CT molecular complexity index is 491. The van der Waals surface area contributed by atoms with Gasteiger partial charge in [-0.1, -0.05) is 6.92 Å². The highest BCUT2D eigenvalue weighted by molar-refractivity contribution is 7.15. The van der Waals surface area contributed by atoms with E-state index < -0.39 is 0 Å². The van der Waals surface area contributed by atoms with E-state index >= 15 is 0 Å². The average Bonchev–Trinajstić information content (AvgIpc) is 3.03. The summed E-state index contributed by atoms with van der Waals surface area (Å²) in [7, 11) is 1.58. The summed E-state index contributed by atoms with van der Waals surface area (Å²) in [5.41, 5.74) is 0. The van der Waals surface area contributed by atoms with E-state index in [9.17, 15) is 9.59 Å². The van der Waals surface area contributed by atoms with Crippen LogP contribution in [-0.4, -0.2) is 60.2 Å². The predicted octanol–water partition coefficient (Wildman–Crippen LogP) is 0.985. The summed E-state index contributed by atoms with van der Waals surface area (Å²) in [5, 5.41) is 3.28. The van der Waals surface area contributed by atoms with Crippen molar-refractivity contribution in [2.75, 3.05) is 38.8 Å². The number of carbonyl (C=O) groups is 2. The van der Waals surface area contributed by atoms with Gasteiger partial charge in [0.05, 0.1) is 13.3 Å². The summed E-state index contributed by atoms with van der Waals surface area (Å²) in [6, 6.07) is -0.296. The molecule has 0 spiro atoms. The minimum Gasteiger partial charge on any atom is -0.383 e. The van der Waals surface area contributed by atoms with Gasteiger partial charge < -0.3 is 9.64 Å². The number of hydrogen-bond donors (Lipinski definition) is 1. The molecule has 1 saturated heterocycles. The third kappa shape index (κ3) is 3.45. The van der Waals surface area contributed by atoms with Gasteiger partial charge in [0.1, 0.15) is 6.54 Å². The Balaban J connectivity index is 1.88. The molecule has 2 heterocycles. The van der Waals surface area contributed by atoms with Gasteiger partial charge in [-0.3, -0.25) is 15.0 Å². The molecule has 0 saturated carbocycles. The molecule has 1 fully saturated rings. The van der Waals surface area contributed by atoms with Crippen molar-refractivity contribution in [2.45, 2.75) is 13.3 Å². The number of aromatic nitrogens is 1. The fourth-order valence-electron chi connectivity index (χ4n) is 1.83. The number of amides is 3. The largest absolute Gasteiger partial charge is 0.383 e. The van der Waals surface area contributed by atoms with Crippen LogP contribution in [0.1, 0.15) is 11.8 Å². The monoisotopic (exact) mass is 298 g/mol. The first kappa shape index (κ1) is 14.7. The van der Waals surface area contributed by atoms with Crippen LogP contribution in [0.4, 0.5) is 9.93 Å². The van der Waals surface area contributed by atoms with Gasteiger partial charge in [-0.25, -0.2) is 9.78 Å². The van der Waals surface area contributed by atoms with E-state index in [1.807, 2.05) is 6.92 Å². The van der Waals surface area contributed by atoms with Crippen molar-refractivity contribution < 1.29 is 14.3 Å². The second kappa shape index (κ2) is 6.67. The minimum absolute atomic E-state index is 0.0643. The van der Waals surface area contributed by atoms with Crippen molar-refractivity contribution in [1.82, 2.24) is 14.8 Å². The lowest BCUT2D eigenvalue weighted by atomic mass is 10.4. The van der Waals surface area contributed by atoms with Crippen LogP contribution in [0.2, 0.25) is 0 Å². The van der Waals surface area contributed by atoms with Gasteiger partial charge in [0.15, 0.2) is 5.13 Å². The van der Waals surface area contributed by atoms with E-state index in [-0.39, 0.29) is 18.5 Å². The summed E-state index contributed by atoms with van der Waals surface area (Å²) in [4.78, 5) is 32.1. The number of methoxy groups -OCH3 is 1. The normalized spacial score (nSPS) is 15.0. The highest BCUT2D eigenvalue weighted by Crippen LogP contribution is 2.19. The number of ether oxygens (including phenoxy) is 1. The van der Waals surface area contributed by atoms with Crippen molar-refractivity contribution in [3.8, 4) is 0 Å². The maximum Gasteiger partial charge on any atom is 0.325 e. The minimum atomic E-state index is -0.296. The van der Waals surface area contributed by atoms with Crippen LogP contribution in [0.3, 0.4) is 0 Å². The van der Waals surface area contributed by atoms with E-state index in [0.717, 1.165) is 11.3 Å². The zero-order chi connectivity index (χ0) is 14.5. The number of nitrogens with zero attached hydrogens (tertiary/aromatic N) is 3. The number of thiazole rings is 1. The van der Waals surface area contributed by atoms with Crippen LogP contribution in [0.25, 0.3) is 0 Å². The molecular weight excluding hydrogens is 280 g/mol. The van der Waals surface area contributed by atoms with Crippen LogP contribution in [0.5, 0.6) is 0 Å². The van der Waals surface area contributed by atoms with E-state index in [4.69, 9.17) is 4.74 Å². The maximum atomic E-state index is 12.0. The van der Waals surface area contributed by atoms with E-state index in [0.29, 0.717) is 25.0 Å². The molecule has 0 bridgehead atoms. The molecule has 1 aromatic heterocycles. The van der Waals surface area contributed by atoms with Crippen molar-refractivity contribution >= 4 is 28.4 Å². The number of carbonyl (C=O) groups excluding carboxylic acids is 2. The molecule has 0 radical (unpaired) electrons. The molecule has 0 aliphatic carbocycles. The molecule has 7 nitrogen and oxygen atoms in total. The number of hydrogen-bond acceptors (Lipinski definition) is 5. The molecule has 0 aromatic carbocycles. The summed E-state index contributed by atoms with van der Waals surface area (Å²) < 4.78 is 4.94. The summed E-state index contributed by atoms with van der Waals surface area (Å²) in [5.74, 6) is -0.0643. The summed E-state index contributed by atoms with van der Waals surface area (Å²) in [6.45, 7) is 3.39. The molecule has 110 valence electrons. The van der Waals surface area contributed by atoms with Crippen LogP contribution in [0, 0.1) is 0 Å². The first-order valence-corrected chi connectivity index (χ1v) is 7.23. The Morgan fingerprint density at radius 1 is 1.60 bits per heavy atom. The fraction of sp³-hybridized carbons (Fsp3) is 0.583. The van der Waals surface area contributed by atoms with Gasteiger partial charge in [-0.2, -0.15) is 0 Å². The summed E-state index contributed by atoms with van der Waals surface area (Å²) in [6.07, 6.45) is 2.64. The molecule has 3 amide bonds. The number of aryl methyl sites for hydroxylation is 1. The molecule has 1 aliphatic rings. The SMILES string of the molecule is CCc1cnc(NC(=O)N2CC(=O)N(CCOC)C2)s1. The van der Waals surface area contributed by atoms with Gasteiger partial charge in [-0.05, 0) is 6.42 Å².